The van der Waals surface area contributed by atoms with Crippen molar-refractivity contribution in [2.45, 2.75) is 13.5 Å². The molecule has 29 heavy (non-hydrogen) atoms. The van der Waals surface area contributed by atoms with Crippen LogP contribution in [0.15, 0.2) is 42.5 Å². The average Bonchev–Trinajstić information content (AvgIpc) is 3.16. The zero-order chi connectivity index (χ0) is 20.4. The van der Waals surface area contributed by atoms with E-state index in [0.29, 0.717) is 17.2 Å². The lowest BCUT2D eigenvalue weighted by molar-refractivity contribution is 0.0945. The number of para-hydroxylation sites is 1. The van der Waals surface area contributed by atoms with E-state index in [4.69, 9.17) is 9.47 Å². The summed E-state index contributed by atoms with van der Waals surface area (Å²) in [6.45, 7) is 2.06. The molecule has 4 rings (SSSR count). The Kier molecular flexibility index (Phi) is 4.94. The van der Waals surface area contributed by atoms with Crippen LogP contribution in [0.25, 0.3) is 0 Å². The van der Waals surface area contributed by atoms with Gasteiger partial charge in [-0.15, -0.1) is 0 Å². The van der Waals surface area contributed by atoms with Crippen molar-refractivity contribution in [3.8, 4) is 11.5 Å². The highest BCUT2D eigenvalue weighted by molar-refractivity contribution is 5.92. The maximum atomic E-state index is 13.8. The summed E-state index contributed by atoms with van der Waals surface area (Å²) in [5.41, 5.74) is 0.968. The molecule has 0 unspecified atom stereocenters. The first-order valence-corrected chi connectivity index (χ1v) is 8.73. The number of amides is 1. The lowest BCUT2D eigenvalue weighted by Crippen LogP contribution is -2.24. The molecule has 0 spiro atoms. The minimum Gasteiger partial charge on any atom is -0.454 e. The lowest BCUT2D eigenvalue weighted by Gasteiger charge is -2.10. The molecule has 1 aromatic heterocycles. The van der Waals surface area contributed by atoms with Crippen LogP contribution < -0.4 is 20.1 Å². The first-order chi connectivity index (χ1) is 14.0. The number of rotatable bonds is 5. The first kappa shape index (κ1) is 18.6. The molecule has 9 heteroatoms. The molecule has 3 aromatic rings. The summed E-state index contributed by atoms with van der Waals surface area (Å²) in [6.07, 6.45) is 0. The second-order valence-corrected chi connectivity index (χ2v) is 6.31. The highest BCUT2D eigenvalue weighted by Gasteiger charge is 2.16. The number of anilines is 2. The average molecular weight is 398 g/mol. The van der Waals surface area contributed by atoms with E-state index in [2.05, 4.69) is 20.6 Å². The molecule has 0 saturated heterocycles. The zero-order valence-corrected chi connectivity index (χ0v) is 15.3. The van der Waals surface area contributed by atoms with Crippen molar-refractivity contribution < 1.29 is 23.0 Å². The van der Waals surface area contributed by atoms with Gasteiger partial charge in [-0.05, 0) is 42.8 Å². The summed E-state index contributed by atoms with van der Waals surface area (Å²) < 4.78 is 38.3. The van der Waals surface area contributed by atoms with Gasteiger partial charge >= 0.3 is 0 Å². The number of halogens is 2. The zero-order valence-electron chi connectivity index (χ0n) is 15.3. The Balaban J connectivity index is 1.48. The van der Waals surface area contributed by atoms with Crippen LogP contribution in [0.2, 0.25) is 0 Å². The van der Waals surface area contributed by atoms with E-state index >= 15 is 0 Å². The van der Waals surface area contributed by atoms with Gasteiger partial charge in [-0.1, -0.05) is 12.1 Å². The van der Waals surface area contributed by atoms with Crippen molar-refractivity contribution in [2.24, 2.45) is 0 Å². The van der Waals surface area contributed by atoms with E-state index in [0.717, 1.165) is 17.7 Å². The highest BCUT2D eigenvalue weighted by atomic mass is 19.1. The third-order valence-corrected chi connectivity index (χ3v) is 4.18. The lowest BCUT2D eigenvalue weighted by atomic mass is 10.2. The molecular formula is C20H16F2N4O3. The van der Waals surface area contributed by atoms with Crippen LogP contribution in [0.5, 0.6) is 11.5 Å². The Morgan fingerprint density at radius 2 is 1.83 bits per heavy atom. The predicted molar refractivity (Wildman–Crippen MR) is 100 cm³/mol. The van der Waals surface area contributed by atoms with Crippen molar-refractivity contribution >= 4 is 17.5 Å². The van der Waals surface area contributed by atoms with Gasteiger partial charge < -0.3 is 20.1 Å². The molecule has 0 atom stereocenters. The summed E-state index contributed by atoms with van der Waals surface area (Å²) in [6, 6.07) is 10.3. The fourth-order valence-electron chi connectivity index (χ4n) is 2.79. The van der Waals surface area contributed by atoms with Crippen LogP contribution in [-0.2, 0) is 6.54 Å². The standard InChI is InChI=1S/C20H16F2N4O3/c1-11-7-15(25-20(24-11)26-18-13(21)3-2-4-14(18)22)19(27)23-9-12-5-6-16-17(8-12)29-10-28-16/h2-8H,9-10H2,1H3,(H,23,27)(H,24,25,26). The molecule has 0 saturated carbocycles. The molecule has 7 nitrogen and oxygen atoms in total. The number of aryl methyl sites for hydroxylation is 1. The minimum atomic E-state index is -0.788. The van der Waals surface area contributed by atoms with E-state index in [9.17, 15) is 13.6 Å². The predicted octanol–water partition coefficient (Wildman–Crippen LogP) is 3.47. The van der Waals surface area contributed by atoms with Crippen molar-refractivity contribution in [3.63, 3.8) is 0 Å². The van der Waals surface area contributed by atoms with Crippen molar-refractivity contribution in [1.82, 2.24) is 15.3 Å². The summed E-state index contributed by atoms with van der Waals surface area (Å²) in [7, 11) is 0. The number of hydrogen-bond donors (Lipinski definition) is 2. The Bertz CT molecular complexity index is 1070. The smallest absolute Gasteiger partial charge is 0.270 e. The fourth-order valence-corrected chi connectivity index (χ4v) is 2.79. The van der Waals surface area contributed by atoms with E-state index in [1.807, 2.05) is 6.07 Å². The molecule has 1 aliphatic heterocycles. The third kappa shape index (κ3) is 4.08. The molecule has 2 aromatic carbocycles. The number of ether oxygens (including phenoxy) is 2. The second kappa shape index (κ2) is 7.70. The molecule has 2 N–H and O–H groups in total. The van der Waals surface area contributed by atoms with Gasteiger partial charge in [-0.3, -0.25) is 4.79 Å². The molecule has 1 aliphatic rings. The fraction of sp³-hybridized carbons (Fsp3) is 0.150. The maximum Gasteiger partial charge on any atom is 0.270 e. The number of nitrogens with one attached hydrogen (secondary N) is 2. The van der Waals surface area contributed by atoms with Gasteiger partial charge in [0.1, 0.15) is 23.0 Å². The molecule has 148 valence electrons. The van der Waals surface area contributed by atoms with Crippen molar-refractivity contribution in [2.75, 3.05) is 12.1 Å². The number of carbonyl (C=O) groups excluding carboxylic acids is 1. The first-order valence-electron chi connectivity index (χ1n) is 8.73. The Labute approximate surface area is 164 Å². The van der Waals surface area contributed by atoms with Crippen LogP contribution in [-0.4, -0.2) is 22.7 Å². The van der Waals surface area contributed by atoms with Gasteiger partial charge in [0.15, 0.2) is 11.5 Å². The topological polar surface area (TPSA) is 85.4 Å². The minimum absolute atomic E-state index is 0.0671. The largest absolute Gasteiger partial charge is 0.454 e. The number of carbonyl (C=O) groups is 1. The number of fused-ring (bicyclic) bond motifs is 1. The summed E-state index contributed by atoms with van der Waals surface area (Å²) in [5, 5.41) is 5.24. The van der Waals surface area contributed by atoms with E-state index in [1.165, 1.54) is 12.1 Å². The van der Waals surface area contributed by atoms with E-state index in [1.54, 1.807) is 19.1 Å². The Morgan fingerprint density at radius 3 is 2.62 bits per heavy atom. The number of hydrogen-bond acceptors (Lipinski definition) is 6. The highest BCUT2D eigenvalue weighted by Crippen LogP contribution is 2.32. The van der Waals surface area contributed by atoms with Crippen LogP contribution >= 0.6 is 0 Å². The monoisotopic (exact) mass is 398 g/mol. The SMILES string of the molecule is Cc1cc(C(=O)NCc2ccc3c(c2)OCO3)nc(Nc2c(F)cccc2F)n1. The third-order valence-electron chi connectivity index (χ3n) is 4.18. The van der Waals surface area contributed by atoms with E-state index < -0.39 is 17.5 Å². The quantitative estimate of drug-likeness (QED) is 0.685. The number of aromatic nitrogens is 2. The number of nitrogens with zero attached hydrogens (tertiary/aromatic N) is 2. The van der Waals surface area contributed by atoms with Gasteiger partial charge in [0.25, 0.3) is 5.91 Å². The van der Waals surface area contributed by atoms with Crippen molar-refractivity contribution in [3.05, 3.63) is 71.1 Å². The van der Waals surface area contributed by atoms with Gasteiger partial charge in [0.05, 0.1) is 0 Å². The Morgan fingerprint density at radius 1 is 1.07 bits per heavy atom. The van der Waals surface area contributed by atoms with Gasteiger partial charge in [0, 0.05) is 12.2 Å². The molecular weight excluding hydrogens is 382 g/mol. The van der Waals surface area contributed by atoms with Crippen LogP contribution in [0, 0.1) is 18.6 Å². The van der Waals surface area contributed by atoms with Crippen LogP contribution in [0.3, 0.4) is 0 Å². The van der Waals surface area contributed by atoms with Crippen LogP contribution in [0.4, 0.5) is 20.4 Å². The second-order valence-electron chi connectivity index (χ2n) is 6.31. The molecule has 1 amide bonds. The molecule has 0 radical (unpaired) electrons. The van der Waals surface area contributed by atoms with Gasteiger partial charge in [0.2, 0.25) is 12.7 Å². The number of benzene rings is 2. The van der Waals surface area contributed by atoms with Gasteiger partial charge in [-0.25, -0.2) is 18.7 Å². The molecule has 0 aliphatic carbocycles. The molecule has 2 heterocycles. The summed E-state index contributed by atoms with van der Waals surface area (Å²) in [5.74, 6) is -0.837. The van der Waals surface area contributed by atoms with E-state index in [-0.39, 0.29) is 30.7 Å². The Hall–Kier alpha value is -3.75. The molecule has 0 fully saturated rings. The van der Waals surface area contributed by atoms with Gasteiger partial charge in [-0.2, -0.15) is 0 Å². The summed E-state index contributed by atoms with van der Waals surface area (Å²) >= 11 is 0. The normalized spacial score (nSPS) is 12.0. The van der Waals surface area contributed by atoms with Crippen LogP contribution in [0.1, 0.15) is 21.7 Å². The summed E-state index contributed by atoms with van der Waals surface area (Å²) in [4.78, 5) is 20.7. The maximum absolute atomic E-state index is 13.8. The van der Waals surface area contributed by atoms with Crippen molar-refractivity contribution in [1.29, 1.82) is 0 Å². The molecule has 0 bridgehead atoms.